The number of alkyl halides is 2. The van der Waals surface area contributed by atoms with Gasteiger partial charge in [0.2, 0.25) is 0 Å². The number of ether oxygens (including phenoxy) is 1. The zero-order valence-electron chi connectivity index (χ0n) is 20.7. The van der Waals surface area contributed by atoms with E-state index < -0.39 is 12.0 Å². The average molecular weight is 513 g/mol. The number of nitrogens with zero attached hydrogens (tertiary/aromatic N) is 4. The molecule has 0 bridgehead atoms. The van der Waals surface area contributed by atoms with Crippen LogP contribution in [0.5, 0.6) is 0 Å². The number of fused-ring (bicyclic) bond motifs is 1. The second-order valence-corrected chi connectivity index (χ2v) is 9.50. The number of nitrogens with one attached hydrogen (secondary N) is 2. The highest BCUT2D eigenvalue weighted by Gasteiger charge is 2.58. The van der Waals surface area contributed by atoms with Crippen molar-refractivity contribution in [2.75, 3.05) is 44.2 Å². The Hall–Kier alpha value is -3.44. The highest BCUT2D eigenvalue weighted by atomic mass is 19.3. The smallest absolute Gasteiger partial charge is 0.276 e. The Bertz CT molecular complexity index is 1320. The van der Waals surface area contributed by atoms with Crippen LogP contribution in [0, 0.1) is 0 Å². The van der Waals surface area contributed by atoms with Gasteiger partial charge in [0, 0.05) is 57.4 Å². The first-order valence-electron chi connectivity index (χ1n) is 12.5. The van der Waals surface area contributed by atoms with Crippen molar-refractivity contribution in [1.82, 2.24) is 25.2 Å². The van der Waals surface area contributed by atoms with Gasteiger partial charge in [-0.2, -0.15) is 0 Å². The number of aromatic amines is 1. The molecule has 1 atom stereocenters. The van der Waals surface area contributed by atoms with Crippen LogP contribution in [0.25, 0.3) is 11.0 Å². The molecule has 1 aliphatic carbocycles. The summed E-state index contributed by atoms with van der Waals surface area (Å²) >= 11 is 0. The number of piperazine rings is 1. The zero-order valence-corrected chi connectivity index (χ0v) is 20.7. The molecule has 3 aromatic heterocycles. The van der Waals surface area contributed by atoms with E-state index in [0.29, 0.717) is 6.42 Å². The molecule has 1 saturated heterocycles. The van der Waals surface area contributed by atoms with E-state index >= 15 is 0 Å². The van der Waals surface area contributed by atoms with Gasteiger partial charge in [0.25, 0.3) is 17.4 Å². The third kappa shape index (κ3) is 5.94. The van der Waals surface area contributed by atoms with Crippen molar-refractivity contribution < 1.29 is 18.3 Å². The number of aromatic nitrogens is 3. The molecule has 3 aromatic rings. The van der Waals surface area contributed by atoms with Gasteiger partial charge in [-0.3, -0.25) is 19.5 Å². The first-order valence-corrected chi connectivity index (χ1v) is 12.5. The molecule has 1 saturated carbocycles. The van der Waals surface area contributed by atoms with Crippen LogP contribution in [-0.4, -0.2) is 77.1 Å². The highest BCUT2D eigenvalue weighted by Crippen LogP contribution is 2.44. The molecule has 9 nitrogen and oxygen atoms in total. The highest BCUT2D eigenvalue weighted by molar-refractivity contribution is 5.92. The second-order valence-electron chi connectivity index (χ2n) is 9.50. The van der Waals surface area contributed by atoms with Crippen LogP contribution in [0.2, 0.25) is 0 Å². The van der Waals surface area contributed by atoms with Crippen LogP contribution in [0.1, 0.15) is 35.0 Å². The lowest BCUT2D eigenvalue weighted by Crippen LogP contribution is -2.46. The molecule has 11 heteroatoms. The number of amides is 1. The number of carbonyl (C=O) groups excluding carboxylic acids is 1. The van der Waals surface area contributed by atoms with Gasteiger partial charge in [-0.05, 0) is 36.2 Å². The predicted octanol–water partition coefficient (Wildman–Crippen LogP) is 2.36. The Labute approximate surface area is 212 Å². The maximum Gasteiger partial charge on any atom is 0.276 e. The second kappa shape index (κ2) is 10.5. The predicted molar refractivity (Wildman–Crippen MR) is 135 cm³/mol. The molecule has 2 aliphatic rings. The summed E-state index contributed by atoms with van der Waals surface area (Å²) in [6.45, 7) is 6.22. The Kier molecular flexibility index (Phi) is 7.16. The van der Waals surface area contributed by atoms with Gasteiger partial charge in [0.05, 0.1) is 29.5 Å². The summed E-state index contributed by atoms with van der Waals surface area (Å²) in [7, 11) is 0. The fourth-order valence-electron chi connectivity index (χ4n) is 4.47. The quantitative estimate of drug-likeness (QED) is 0.424. The van der Waals surface area contributed by atoms with E-state index in [4.69, 9.17) is 4.74 Å². The lowest BCUT2D eigenvalue weighted by molar-refractivity contribution is 0.0145. The van der Waals surface area contributed by atoms with E-state index in [9.17, 15) is 18.4 Å². The molecule has 0 aromatic carbocycles. The van der Waals surface area contributed by atoms with Crippen molar-refractivity contribution in [3.63, 3.8) is 0 Å². The molecule has 0 radical (unpaired) electrons. The van der Waals surface area contributed by atoms with Crippen LogP contribution in [0.15, 0.2) is 41.5 Å². The third-order valence-electron chi connectivity index (χ3n) is 6.81. The summed E-state index contributed by atoms with van der Waals surface area (Å²) < 4.78 is 30.6. The van der Waals surface area contributed by atoms with Crippen molar-refractivity contribution in [2.24, 2.45) is 0 Å². The average Bonchev–Trinajstić information content (AvgIpc) is 3.52. The number of hydrogen-bond acceptors (Lipinski definition) is 7. The van der Waals surface area contributed by atoms with Gasteiger partial charge in [0.15, 0.2) is 0 Å². The third-order valence-corrected chi connectivity index (χ3v) is 6.81. The SMILES string of the molecule is CCc1cc2ncc(CN3CCN(c4ccc(C(=O)NCCOC5CC5(F)F)nc4)CC3)cc2[nH]c1=O. The molecule has 0 spiro atoms. The van der Waals surface area contributed by atoms with Gasteiger partial charge in [-0.1, -0.05) is 6.92 Å². The number of aryl methyl sites for hydroxylation is 1. The first kappa shape index (κ1) is 25.2. The van der Waals surface area contributed by atoms with Gasteiger partial charge >= 0.3 is 0 Å². The number of hydrogen-bond donors (Lipinski definition) is 2. The van der Waals surface area contributed by atoms with Gasteiger partial charge in [-0.25, -0.2) is 13.8 Å². The molecular weight excluding hydrogens is 482 g/mol. The molecule has 4 heterocycles. The molecule has 2 N–H and O–H groups in total. The van der Waals surface area contributed by atoms with E-state index in [1.807, 2.05) is 31.3 Å². The molecule has 1 aliphatic heterocycles. The standard InChI is InChI=1S/C26H30F2N6O3/c1-2-18-12-21-22(32-24(18)35)11-17(14-30-21)16-33-6-8-34(9-7-33)19-3-4-20(31-15-19)25(36)29-5-10-37-23-13-26(23,27)28/h3-4,11-12,14-15,23H,2,5-10,13,16H2,1H3,(H,29,36)(H,32,35). The maximum atomic E-state index is 12.8. The monoisotopic (exact) mass is 512 g/mol. The van der Waals surface area contributed by atoms with Crippen LogP contribution in [-0.2, 0) is 17.7 Å². The Morgan fingerprint density at radius 3 is 2.65 bits per heavy atom. The van der Waals surface area contributed by atoms with Crippen molar-refractivity contribution in [3.05, 3.63) is 63.8 Å². The van der Waals surface area contributed by atoms with Crippen LogP contribution in [0.4, 0.5) is 14.5 Å². The normalized spacial score (nSPS) is 19.2. The van der Waals surface area contributed by atoms with Gasteiger partial charge in [-0.15, -0.1) is 0 Å². The topological polar surface area (TPSA) is 103 Å². The van der Waals surface area contributed by atoms with Gasteiger partial charge in [0.1, 0.15) is 11.8 Å². The number of H-pyrrole nitrogens is 1. The lowest BCUT2D eigenvalue weighted by atomic mass is 10.1. The summed E-state index contributed by atoms with van der Waals surface area (Å²) in [5.74, 6) is -3.08. The number of carbonyl (C=O) groups is 1. The summed E-state index contributed by atoms with van der Waals surface area (Å²) in [5, 5.41) is 2.64. The first-order chi connectivity index (χ1) is 17.8. The van der Waals surface area contributed by atoms with Crippen molar-refractivity contribution in [1.29, 1.82) is 0 Å². The van der Waals surface area contributed by atoms with Crippen LogP contribution >= 0.6 is 0 Å². The van der Waals surface area contributed by atoms with Crippen molar-refractivity contribution in [2.45, 2.75) is 38.3 Å². The number of pyridine rings is 3. The largest absolute Gasteiger partial charge is 0.370 e. The Morgan fingerprint density at radius 1 is 1.19 bits per heavy atom. The minimum absolute atomic E-state index is 0.0430. The number of halogens is 2. The minimum atomic E-state index is -2.72. The lowest BCUT2D eigenvalue weighted by Gasteiger charge is -2.36. The van der Waals surface area contributed by atoms with E-state index in [1.165, 1.54) is 0 Å². The minimum Gasteiger partial charge on any atom is -0.370 e. The van der Waals surface area contributed by atoms with E-state index in [2.05, 4.69) is 30.1 Å². The summed E-state index contributed by atoms with van der Waals surface area (Å²) in [6.07, 6.45) is 2.95. The fraction of sp³-hybridized carbons (Fsp3) is 0.462. The molecule has 2 fully saturated rings. The molecule has 196 valence electrons. The number of rotatable bonds is 9. The summed E-state index contributed by atoms with van der Waals surface area (Å²) in [4.78, 5) is 40.7. The van der Waals surface area contributed by atoms with E-state index in [1.54, 1.807) is 12.3 Å². The molecule has 1 unspecified atom stereocenters. The Morgan fingerprint density at radius 2 is 1.97 bits per heavy atom. The van der Waals surface area contributed by atoms with Crippen molar-refractivity contribution in [3.8, 4) is 0 Å². The van der Waals surface area contributed by atoms with Crippen LogP contribution < -0.4 is 15.8 Å². The van der Waals surface area contributed by atoms with Gasteiger partial charge < -0.3 is 19.9 Å². The van der Waals surface area contributed by atoms with Crippen molar-refractivity contribution >= 4 is 22.6 Å². The van der Waals surface area contributed by atoms with E-state index in [0.717, 1.165) is 60.6 Å². The zero-order chi connectivity index (χ0) is 26.0. The molecular formula is C26H30F2N6O3. The fourth-order valence-corrected chi connectivity index (χ4v) is 4.47. The van der Waals surface area contributed by atoms with Crippen LogP contribution in [0.3, 0.4) is 0 Å². The molecule has 5 rings (SSSR count). The molecule has 37 heavy (non-hydrogen) atoms. The summed E-state index contributed by atoms with van der Waals surface area (Å²) in [5.41, 5.74) is 4.49. The van der Waals surface area contributed by atoms with E-state index in [-0.39, 0.29) is 36.7 Å². The Balaban J connectivity index is 1.09. The molecule has 1 amide bonds. The maximum absolute atomic E-state index is 12.8. The summed E-state index contributed by atoms with van der Waals surface area (Å²) in [6, 6.07) is 7.38. The number of anilines is 1.